The average Bonchev–Trinajstić information content (AvgIpc) is 2.57. The molecule has 2 fully saturated rings. The Kier molecular flexibility index (Phi) is 6.11. The molecule has 27 heavy (non-hydrogen) atoms. The number of likely N-dealkylation sites (tertiary alicyclic amines) is 1. The molecule has 2 saturated heterocycles. The van der Waals surface area contributed by atoms with Crippen molar-refractivity contribution in [3.8, 4) is 0 Å². The van der Waals surface area contributed by atoms with Gasteiger partial charge >= 0.3 is 6.18 Å². The standard InChI is InChI=1S/C20H28F3N3O/c1-13(16-10-24-11-16)19(27)25-12-15-4-3-9-26(2)18(15)14-5-7-17(8-6-14)20(21,22)23/h5-8,13,15-16,18,24H,3-4,9-12H2,1-2H3,(H,25,27). The Bertz CT molecular complexity index is 643. The number of carbonyl (C=O) groups excluding carboxylic acids is 1. The van der Waals surface area contributed by atoms with Crippen LogP contribution in [0.5, 0.6) is 0 Å². The third kappa shape index (κ3) is 4.63. The third-order valence-corrected chi connectivity index (χ3v) is 6.06. The van der Waals surface area contributed by atoms with E-state index in [1.807, 2.05) is 14.0 Å². The predicted octanol–water partition coefficient (Wildman–Crippen LogP) is 3.06. The maximum Gasteiger partial charge on any atom is 0.416 e. The van der Waals surface area contributed by atoms with Gasteiger partial charge in [-0.1, -0.05) is 19.1 Å². The van der Waals surface area contributed by atoms with Crippen molar-refractivity contribution in [3.63, 3.8) is 0 Å². The van der Waals surface area contributed by atoms with E-state index in [0.717, 1.165) is 50.2 Å². The van der Waals surface area contributed by atoms with Gasteiger partial charge in [-0.15, -0.1) is 0 Å². The van der Waals surface area contributed by atoms with Gasteiger partial charge in [-0.25, -0.2) is 0 Å². The van der Waals surface area contributed by atoms with Gasteiger partial charge in [0.25, 0.3) is 0 Å². The second-order valence-corrected chi connectivity index (χ2v) is 7.90. The van der Waals surface area contributed by atoms with Crippen LogP contribution in [0.15, 0.2) is 24.3 Å². The highest BCUT2D eigenvalue weighted by atomic mass is 19.4. The fourth-order valence-corrected chi connectivity index (χ4v) is 4.14. The van der Waals surface area contributed by atoms with Crippen LogP contribution >= 0.6 is 0 Å². The van der Waals surface area contributed by atoms with Gasteiger partial charge in [0, 0.05) is 18.5 Å². The minimum Gasteiger partial charge on any atom is -0.356 e. The molecule has 150 valence electrons. The lowest BCUT2D eigenvalue weighted by atomic mass is 9.84. The van der Waals surface area contributed by atoms with Gasteiger partial charge < -0.3 is 10.6 Å². The fourth-order valence-electron chi connectivity index (χ4n) is 4.14. The number of piperidine rings is 1. The molecular formula is C20H28F3N3O. The van der Waals surface area contributed by atoms with E-state index in [2.05, 4.69) is 15.5 Å². The molecule has 0 bridgehead atoms. The van der Waals surface area contributed by atoms with Crippen LogP contribution in [-0.2, 0) is 11.0 Å². The second-order valence-electron chi connectivity index (χ2n) is 7.90. The Morgan fingerprint density at radius 2 is 1.96 bits per heavy atom. The number of carbonyl (C=O) groups is 1. The molecule has 3 unspecified atom stereocenters. The highest BCUT2D eigenvalue weighted by Crippen LogP contribution is 2.36. The molecule has 2 aliphatic rings. The van der Waals surface area contributed by atoms with Crippen molar-refractivity contribution in [2.45, 2.75) is 32.0 Å². The van der Waals surface area contributed by atoms with Crippen LogP contribution in [0.4, 0.5) is 13.2 Å². The van der Waals surface area contributed by atoms with E-state index in [4.69, 9.17) is 0 Å². The summed E-state index contributed by atoms with van der Waals surface area (Å²) in [7, 11) is 2.00. The fraction of sp³-hybridized carbons (Fsp3) is 0.650. The lowest BCUT2D eigenvalue weighted by Crippen LogP contribution is -2.50. The number of rotatable bonds is 5. The molecule has 2 aliphatic heterocycles. The van der Waals surface area contributed by atoms with Gasteiger partial charge in [0.15, 0.2) is 0 Å². The van der Waals surface area contributed by atoms with Crippen molar-refractivity contribution in [2.75, 3.05) is 33.2 Å². The lowest BCUT2D eigenvalue weighted by Gasteiger charge is -2.40. The summed E-state index contributed by atoms with van der Waals surface area (Å²) in [6.45, 7) is 5.19. The van der Waals surface area contributed by atoms with Crippen molar-refractivity contribution in [2.24, 2.45) is 17.8 Å². The summed E-state index contributed by atoms with van der Waals surface area (Å²) in [5, 5.41) is 6.27. The smallest absolute Gasteiger partial charge is 0.356 e. The minimum absolute atomic E-state index is 0.0157. The Morgan fingerprint density at radius 1 is 1.30 bits per heavy atom. The number of alkyl halides is 3. The van der Waals surface area contributed by atoms with Gasteiger partial charge in [-0.2, -0.15) is 13.2 Å². The SMILES string of the molecule is CC(C(=O)NCC1CCCN(C)C1c1ccc(C(F)(F)F)cc1)C1CNC1. The maximum atomic E-state index is 12.8. The zero-order valence-corrected chi connectivity index (χ0v) is 15.9. The summed E-state index contributed by atoms with van der Waals surface area (Å²) in [4.78, 5) is 14.6. The van der Waals surface area contributed by atoms with Gasteiger partial charge in [-0.05, 0) is 69.1 Å². The summed E-state index contributed by atoms with van der Waals surface area (Å²) in [5.74, 6) is 0.638. The third-order valence-electron chi connectivity index (χ3n) is 6.06. The summed E-state index contributed by atoms with van der Waals surface area (Å²) in [6, 6.07) is 5.47. The highest BCUT2D eigenvalue weighted by molar-refractivity contribution is 5.78. The van der Waals surface area contributed by atoms with Crippen molar-refractivity contribution >= 4 is 5.91 Å². The molecule has 0 aromatic heterocycles. The average molecular weight is 383 g/mol. The molecular weight excluding hydrogens is 355 g/mol. The zero-order valence-electron chi connectivity index (χ0n) is 15.9. The van der Waals surface area contributed by atoms with Gasteiger partial charge in [0.05, 0.1) is 5.56 Å². The first-order chi connectivity index (χ1) is 12.8. The van der Waals surface area contributed by atoms with Crippen LogP contribution in [0, 0.1) is 17.8 Å². The van der Waals surface area contributed by atoms with Crippen molar-refractivity contribution < 1.29 is 18.0 Å². The van der Waals surface area contributed by atoms with Crippen LogP contribution in [0.25, 0.3) is 0 Å². The topological polar surface area (TPSA) is 44.4 Å². The van der Waals surface area contributed by atoms with E-state index in [9.17, 15) is 18.0 Å². The molecule has 4 nitrogen and oxygen atoms in total. The van der Waals surface area contributed by atoms with Crippen LogP contribution < -0.4 is 10.6 Å². The van der Waals surface area contributed by atoms with E-state index >= 15 is 0 Å². The second kappa shape index (κ2) is 8.19. The van der Waals surface area contributed by atoms with Crippen LogP contribution in [-0.4, -0.2) is 44.0 Å². The molecule has 1 aromatic rings. The normalized spacial score (nSPS) is 25.7. The molecule has 0 radical (unpaired) electrons. The molecule has 1 amide bonds. The summed E-state index contributed by atoms with van der Waals surface area (Å²) >= 11 is 0. The minimum atomic E-state index is -4.32. The zero-order chi connectivity index (χ0) is 19.6. The van der Waals surface area contributed by atoms with E-state index < -0.39 is 11.7 Å². The van der Waals surface area contributed by atoms with Crippen LogP contribution in [0.1, 0.15) is 36.9 Å². The number of benzene rings is 1. The van der Waals surface area contributed by atoms with E-state index in [0.29, 0.717) is 12.5 Å². The molecule has 0 aliphatic carbocycles. The number of halogens is 3. The van der Waals surface area contributed by atoms with Crippen molar-refractivity contribution in [1.29, 1.82) is 0 Å². The first-order valence-electron chi connectivity index (χ1n) is 9.63. The number of hydrogen-bond donors (Lipinski definition) is 2. The van der Waals surface area contributed by atoms with Crippen LogP contribution in [0.3, 0.4) is 0 Å². The monoisotopic (exact) mass is 383 g/mol. The number of nitrogens with one attached hydrogen (secondary N) is 2. The Hall–Kier alpha value is -1.60. The summed E-state index contributed by atoms with van der Waals surface area (Å²) in [6.07, 6.45) is -2.34. The Labute approximate surface area is 158 Å². The number of hydrogen-bond acceptors (Lipinski definition) is 3. The molecule has 2 N–H and O–H groups in total. The quantitative estimate of drug-likeness (QED) is 0.822. The van der Waals surface area contributed by atoms with E-state index in [1.165, 1.54) is 0 Å². The Balaban J connectivity index is 1.66. The van der Waals surface area contributed by atoms with Crippen molar-refractivity contribution in [3.05, 3.63) is 35.4 Å². The van der Waals surface area contributed by atoms with Gasteiger partial charge in [-0.3, -0.25) is 9.69 Å². The maximum absolute atomic E-state index is 12.8. The Morgan fingerprint density at radius 3 is 2.52 bits per heavy atom. The molecule has 3 rings (SSSR count). The molecule has 7 heteroatoms. The molecule has 1 aromatic carbocycles. The first-order valence-corrected chi connectivity index (χ1v) is 9.63. The summed E-state index contributed by atoms with van der Waals surface area (Å²) in [5.41, 5.74) is 0.248. The van der Waals surface area contributed by atoms with Crippen molar-refractivity contribution in [1.82, 2.24) is 15.5 Å². The van der Waals surface area contributed by atoms with E-state index in [-0.39, 0.29) is 23.8 Å². The lowest BCUT2D eigenvalue weighted by molar-refractivity contribution is -0.137. The highest BCUT2D eigenvalue weighted by Gasteiger charge is 2.34. The molecule has 3 atom stereocenters. The summed E-state index contributed by atoms with van der Waals surface area (Å²) < 4.78 is 38.5. The molecule has 2 heterocycles. The molecule has 0 spiro atoms. The number of nitrogens with zero attached hydrogens (tertiary/aromatic N) is 1. The predicted molar refractivity (Wildman–Crippen MR) is 98.1 cm³/mol. The van der Waals surface area contributed by atoms with Gasteiger partial charge in [0.1, 0.15) is 0 Å². The number of amides is 1. The molecule has 0 saturated carbocycles. The van der Waals surface area contributed by atoms with Gasteiger partial charge in [0.2, 0.25) is 5.91 Å². The van der Waals surface area contributed by atoms with E-state index in [1.54, 1.807) is 12.1 Å². The van der Waals surface area contributed by atoms with Crippen LogP contribution in [0.2, 0.25) is 0 Å². The largest absolute Gasteiger partial charge is 0.416 e. The first kappa shape index (κ1) is 20.1.